The topological polar surface area (TPSA) is 29.4 Å². The van der Waals surface area contributed by atoms with Gasteiger partial charge in [-0.2, -0.15) is 4.36 Å². The van der Waals surface area contributed by atoms with Crippen LogP contribution in [0.2, 0.25) is 0 Å². The van der Waals surface area contributed by atoms with E-state index in [1.165, 1.54) is 18.2 Å². The zero-order valence-corrected chi connectivity index (χ0v) is 10.2. The Balaban J connectivity index is 2.50. The first-order chi connectivity index (χ1) is 8.62. The van der Waals surface area contributed by atoms with Crippen LogP contribution in [0, 0.1) is 12.3 Å². The summed E-state index contributed by atoms with van der Waals surface area (Å²) in [7, 11) is -3.93. The van der Waals surface area contributed by atoms with Crippen LogP contribution in [0.4, 0.5) is 9.57 Å². The highest BCUT2D eigenvalue weighted by Gasteiger charge is 2.10. The van der Waals surface area contributed by atoms with Crippen LogP contribution >= 0.6 is 0 Å². The summed E-state index contributed by atoms with van der Waals surface area (Å²) in [6, 6.07) is 14.2. The van der Waals surface area contributed by atoms with Gasteiger partial charge in [-0.3, -0.25) is 0 Å². The number of benzene rings is 2. The molecule has 0 aliphatic heterocycles. The molecule has 0 heterocycles. The highest BCUT2D eigenvalue weighted by Crippen LogP contribution is 2.22. The predicted octanol–water partition coefficient (Wildman–Crippen LogP) is 3.71. The number of terminal acetylenes is 1. The van der Waals surface area contributed by atoms with Gasteiger partial charge >= 0.3 is 0 Å². The van der Waals surface area contributed by atoms with Crippen LogP contribution in [0.25, 0.3) is 0 Å². The lowest BCUT2D eigenvalue weighted by molar-refractivity contribution is 0.639. The maximum atomic E-state index is 14.1. The second kappa shape index (κ2) is 5.03. The van der Waals surface area contributed by atoms with Crippen LogP contribution in [0.5, 0.6) is 0 Å². The molecule has 0 bridgehead atoms. The normalized spacial score (nSPS) is 13.3. The molecule has 2 aromatic rings. The smallest absolute Gasteiger partial charge is 0.211 e. The van der Waals surface area contributed by atoms with Gasteiger partial charge in [0.1, 0.15) is 0 Å². The molecule has 0 aliphatic carbocycles. The molecule has 0 radical (unpaired) electrons. The Hall–Kier alpha value is -2.12. The average molecular weight is 259 g/mol. The van der Waals surface area contributed by atoms with Gasteiger partial charge in [-0.25, -0.2) is 4.21 Å². The number of rotatable bonds is 2. The lowest BCUT2D eigenvalue weighted by atomic mass is 10.2. The van der Waals surface area contributed by atoms with Crippen molar-refractivity contribution in [3.8, 4) is 12.3 Å². The van der Waals surface area contributed by atoms with Crippen LogP contribution < -0.4 is 0 Å². The van der Waals surface area contributed by atoms with Gasteiger partial charge in [0.25, 0.3) is 0 Å². The monoisotopic (exact) mass is 259 g/mol. The fourth-order valence-corrected chi connectivity index (χ4v) is 2.41. The fourth-order valence-electron chi connectivity index (χ4n) is 1.43. The van der Waals surface area contributed by atoms with Crippen molar-refractivity contribution in [3.05, 3.63) is 60.2 Å². The minimum Gasteiger partial charge on any atom is -0.211 e. The number of nitrogens with zero attached hydrogens (tertiary/aromatic N) is 1. The first kappa shape index (κ1) is 12.3. The van der Waals surface area contributed by atoms with Crippen LogP contribution in [0.1, 0.15) is 5.56 Å². The Kier molecular flexibility index (Phi) is 3.45. The van der Waals surface area contributed by atoms with Crippen molar-refractivity contribution < 1.29 is 8.09 Å². The number of halogens is 1. The summed E-state index contributed by atoms with van der Waals surface area (Å²) >= 11 is 0. The molecule has 0 amide bonds. The summed E-state index contributed by atoms with van der Waals surface area (Å²) in [5, 5.41) is 0. The van der Waals surface area contributed by atoms with Gasteiger partial charge in [-0.05, 0) is 30.3 Å². The van der Waals surface area contributed by atoms with Crippen LogP contribution in [-0.2, 0) is 10.1 Å². The fraction of sp³-hybridized carbons (Fsp3) is 0. The quantitative estimate of drug-likeness (QED) is 0.597. The summed E-state index contributed by atoms with van der Waals surface area (Å²) in [5.74, 6) is 2.42. The van der Waals surface area contributed by atoms with Crippen molar-refractivity contribution >= 4 is 15.8 Å². The first-order valence-electron chi connectivity index (χ1n) is 5.20. The molecule has 0 spiro atoms. The Labute approximate surface area is 106 Å². The Morgan fingerprint density at radius 1 is 1.11 bits per heavy atom. The molecule has 0 aliphatic rings. The summed E-state index contributed by atoms with van der Waals surface area (Å²) in [4.78, 5) is 0.0520. The number of hydrogen-bond donors (Lipinski definition) is 0. The average Bonchev–Trinajstić information content (AvgIpc) is 2.39. The third kappa shape index (κ3) is 2.76. The van der Waals surface area contributed by atoms with Crippen molar-refractivity contribution in [1.29, 1.82) is 0 Å². The molecule has 2 rings (SSSR count). The molecule has 2 aromatic carbocycles. The van der Waals surface area contributed by atoms with E-state index in [1.807, 2.05) is 0 Å². The molecule has 1 unspecified atom stereocenters. The van der Waals surface area contributed by atoms with E-state index >= 15 is 0 Å². The molecule has 0 fully saturated rings. The largest absolute Gasteiger partial charge is 0.235 e. The van der Waals surface area contributed by atoms with E-state index in [0.717, 1.165) is 0 Å². The lowest BCUT2D eigenvalue weighted by Crippen LogP contribution is -1.90. The maximum Gasteiger partial charge on any atom is 0.235 e. The zero-order chi connectivity index (χ0) is 13.0. The summed E-state index contributed by atoms with van der Waals surface area (Å²) in [5.41, 5.74) is 0.835. The van der Waals surface area contributed by atoms with Crippen molar-refractivity contribution in [2.45, 2.75) is 4.90 Å². The SMILES string of the molecule is C#Cc1cccc(N=S(=O)(F)c2ccccc2)c1. The Morgan fingerprint density at radius 3 is 2.50 bits per heavy atom. The van der Waals surface area contributed by atoms with Gasteiger partial charge < -0.3 is 0 Å². The molecule has 90 valence electrons. The molecule has 2 nitrogen and oxygen atoms in total. The van der Waals surface area contributed by atoms with E-state index in [-0.39, 0.29) is 10.6 Å². The van der Waals surface area contributed by atoms with E-state index in [9.17, 15) is 8.09 Å². The van der Waals surface area contributed by atoms with Crippen LogP contribution in [-0.4, -0.2) is 4.21 Å². The van der Waals surface area contributed by atoms with E-state index in [2.05, 4.69) is 10.3 Å². The van der Waals surface area contributed by atoms with Gasteiger partial charge in [-0.1, -0.05) is 30.2 Å². The van der Waals surface area contributed by atoms with Gasteiger partial charge in [-0.15, -0.1) is 10.3 Å². The summed E-state index contributed by atoms with van der Waals surface area (Å²) in [6.07, 6.45) is 5.24. The Morgan fingerprint density at radius 2 is 1.83 bits per heavy atom. The minimum atomic E-state index is -3.93. The van der Waals surface area contributed by atoms with Crippen LogP contribution in [0.3, 0.4) is 0 Å². The van der Waals surface area contributed by atoms with Gasteiger partial charge in [0, 0.05) is 5.56 Å². The van der Waals surface area contributed by atoms with Crippen molar-refractivity contribution in [3.63, 3.8) is 0 Å². The summed E-state index contributed by atoms with van der Waals surface area (Å²) < 4.78 is 29.6. The van der Waals surface area contributed by atoms with Crippen molar-refractivity contribution in [1.82, 2.24) is 0 Å². The second-order valence-electron chi connectivity index (χ2n) is 3.56. The van der Waals surface area contributed by atoms with E-state index in [4.69, 9.17) is 6.42 Å². The molecule has 0 aromatic heterocycles. The molecule has 0 saturated heterocycles. The molecule has 18 heavy (non-hydrogen) atoms. The molecule has 0 N–H and O–H groups in total. The minimum absolute atomic E-state index is 0.0520. The zero-order valence-electron chi connectivity index (χ0n) is 9.42. The Bertz CT molecular complexity index is 710. The highest BCUT2D eigenvalue weighted by atomic mass is 32.3. The molecule has 1 atom stereocenters. The van der Waals surface area contributed by atoms with Gasteiger partial charge in [0.05, 0.1) is 10.6 Å². The molecular weight excluding hydrogens is 249 g/mol. The lowest BCUT2D eigenvalue weighted by Gasteiger charge is -2.00. The standard InChI is InChI=1S/C14H10FNOS/c1-2-12-7-6-8-13(11-12)16-18(15,17)14-9-4-3-5-10-14/h1,3-11H. The molecule has 0 saturated carbocycles. The summed E-state index contributed by atoms with van der Waals surface area (Å²) in [6.45, 7) is 0. The second-order valence-corrected chi connectivity index (χ2v) is 5.13. The molecular formula is C14H10FNOS. The first-order valence-corrected chi connectivity index (χ1v) is 6.62. The molecule has 4 heteroatoms. The van der Waals surface area contributed by atoms with Crippen molar-refractivity contribution in [2.24, 2.45) is 4.36 Å². The van der Waals surface area contributed by atoms with E-state index in [0.29, 0.717) is 5.56 Å². The van der Waals surface area contributed by atoms with Crippen LogP contribution in [0.15, 0.2) is 63.9 Å². The van der Waals surface area contributed by atoms with E-state index in [1.54, 1.807) is 36.4 Å². The van der Waals surface area contributed by atoms with Gasteiger partial charge in [0.2, 0.25) is 10.1 Å². The van der Waals surface area contributed by atoms with Crippen molar-refractivity contribution in [2.75, 3.05) is 0 Å². The van der Waals surface area contributed by atoms with Gasteiger partial charge in [0.15, 0.2) is 0 Å². The number of hydrogen-bond acceptors (Lipinski definition) is 2. The third-order valence-corrected chi connectivity index (χ3v) is 3.57. The predicted molar refractivity (Wildman–Crippen MR) is 70.4 cm³/mol. The van der Waals surface area contributed by atoms with E-state index < -0.39 is 10.1 Å². The maximum absolute atomic E-state index is 14.1. The third-order valence-electron chi connectivity index (χ3n) is 2.27. The highest BCUT2D eigenvalue weighted by molar-refractivity contribution is 7.88.